The minimum absolute atomic E-state index is 0.00553. The van der Waals surface area contributed by atoms with E-state index < -0.39 is 15.8 Å². The van der Waals surface area contributed by atoms with E-state index in [0.717, 1.165) is 25.7 Å². The molecule has 2 rings (SSSR count). The van der Waals surface area contributed by atoms with Crippen LogP contribution in [0.5, 0.6) is 0 Å². The number of sulfonamides is 1. The molecule has 1 aliphatic carbocycles. The molecule has 4 nitrogen and oxygen atoms in total. The average molecular weight is 314 g/mol. The maximum atomic E-state index is 13.9. The number of unbranched alkanes of at least 4 members (excludes halogenated alkanes) is 1. The van der Waals surface area contributed by atoms with Gasteiger partial charge in [0, 0.05) is 24.7 Å². The monoisotopic (exact) mass is 314 g/mol. The normalized spacial score (nSPS) is 15.7. The van der Waals surface area contributed by atoms with Crippen molar-refractivity contribution in [2.24, 2.45) is 5.73 Å². The van der Waals surface area contributed by atoms with E-state index >= 15 is 0 Å². The number of benzene rings is 1. The highest BCUT2D eigenvalue weighted by atomic mass is 32.2. The maximum absolute atomic E-state index is 13.9. The number of nitrogens with two attached hydrogens (primary N) is 1. The summed E-state index contributed by atoms with van der Waals surface area (Å²) in [6.07, 6.45) is 3.59. The molecule has 2 N–H and O–H groups in total. The summed E-state index contributed by atoms with van der Waals surface area (Å²) >= 11 is 0. The van der Waals surface area contributed by atoms with Crippen LogP contribution in [0.15, 0.2) is 17.0 Å². The first-order valence-corrected chi connectivity index (χ1v) is 8.86. The fourth-order valence-corrected chi connectivity index (χ4v) is 4.28. The molecule has 1 saturated carbocycles. The van der Waals surface area contributed by atoms with Gasteiger partial charge in [-0.1, -0.05) is 13.3 Å². The Morgan fingerprint density at radius 2 is 2.05 bits per heavy atom. The van der Waals surface area contributed by atoms with E-state index in [9.17, 15) is 12.8 Å². The van der Waals surface area contributed by atoms with Gasteiger partial charge in [0.2, 0.25) is 10.0 Å². The molecule has 0 atom stereocenters. The first-order valence-electron chi connectivity index (χ1n) is 7.42. The maximum Gasteiger partial charge on any atom is 0.243 e. The summed E-state index contributed by atoms with van der Waals surface area (Å²) in [5, 5.41) is 0. The second-order valence-corrected chi connectivity index (χ2v) is 7.51. The van der Waals surface area contributed by atoms with Crippen LogP contribution >= 0.6 is 0 Å². The fraction of sp³-hybridized carbons (Fsp3) is 0.600. The second-order valence-electron chi connectivity index (χ2n) is 5.62. The number of nitrogens with zero attached hydrogens (tertiary/aromatic N) is 1. The second kappa shape index (κ2) is 6.42. The quantitative estimate of drug-likeness (QED) is 0.841. The lowest BCUT2D eigenvalue weighted by molar-refractivity contribution is 0.395. The molecule has 0 amide bonds. The van der Waals surface area contributed by atoms with E-state index in [1.54, 1.807) is 11.2 Å². The van der Waals surface area contributed by atoms with E-state index in [0.29, 0.717) is 12.1 Å². The van der Waals surface area contributed by atoms with Crippen LogP contribution in [0.25, 0.3) is 0 Å². The topological polar surface area (TPSA) is 63.4 Å². The third-order valence-corrected chi connectivity index (χ3v) is 5.75. The predicted octanol–water partition coefficient (Wildman–Crippen LogP) is 2.55. The highest BCUT2D eigenvalue weighted by Gasteiger charge is 2.37. The van der Waals surface area contributed by atoms with Crippen molar-refractivity contribution in [2.45, 2.75) is 57.0 Å². The molecule has 0 aromatic heterocycles. The van der Waals surface area contributed by atoms with Crippen LogP contribution < -0.4 is 5.73 Å². The molecule has 0 bridgehead atoms. The number of rotatable bonds is 7. The Kier molecular flexibility index (Phi) is 5.01. The summed E-state index contributed by atoms with van der Waals surface area (Å²) in [5.74, 6) is -0.414. The highest BCUT2D eigenvalue weighted by Crippen LogP contribution is 2.33. The van der Waals surface area contributed by atoms with E-state index in [4.69, 9.17) is 5.73 Å². The van der Waals surface area contributed by atoms with Crippen molar-refractivity contribution in [1.29, 1.82) is 0 Å². The molecule has 0 radical (unpaired) electrons. The van der Waals surface area contributed by atoms with Crippen LogP contribution in [0, 0.1) is 12.7 Å². The highest BCUT2D eigenvalue weighted by molar-refractivity contribution is 7.89. The SMILES string of the molecule is CCCCN(C1CC1)S(=O)(=O)c1cc(C)c(F)c(CN)c1. The van der Waals surface area contributed by atoms with Crippen molar-refractivity contribution < 1.29 is 12.8 Å². The Balaban J connectivity index is 2.39. The Labute approximate surface area is 126 Å². The number of hydrogen-bond donors (Lipinski definition) is 1. The van der Waals surface area contributed by atoms with Crippen molar-refractivity contribution >= 4 is 10.0 Å². The molecule has 0 saturated heterocycles. The average Bonchev–Trinajstić information content (AvgIpc) is 3.26. The van der Waals surface area contributed by atoms with Gasteiger partial charge in [-0.2, -0.15) is 4.31 Å². The first-order chi connectivity index (χ1) is 9.91. The smallest absolute Gasteiger partial charge is 0.243 e. The standard InChI is InChI=1S/C15H23FN2O2S/c1-3-4-7-18(13-5-6-13)21(19,20)14-8-11(2)15(16)12(9-14)10-17/h8-9,13H,3-7,10,17H2,1-2H3. The van der Waals surface area contributed by atoms with Gasteiger partial charge in [-0.15, -0.1) is 0 Å². The van der Waals surface area contributed by atoms with E-state index in [2.05, 4.69) is 0 Å². The Bertz CT molecular complexity index is 612. The van der Waals surface area contributed by atoms with Crippen LogP contribution in [0.1, 0.15) is 43.7 Å². The van der Waals surface area contributed by atoms with Crippen LogP contribution in [0.3, 0.4) is 0 Å². The molecule has 1 aromatic rings. The number of hydrogen-bond acceptors (Lipinski definition) is 3. The first kappa shape index (κ1) is 16.4. The van der Waals surface area contributed by atoms with Crippen LogP contribution in [-0.2, 0) is 16.6 Å². The molecule has 0 spiro atoms. The molecule has 0 heterocycles. The summed E-state index contributed by atoms with van der Waals surface area (Å²) in [7, 11) is -3.57. The van der Waals surface area contributed by atoms with Crippen molar-refractivity contribution in [3.8, 4) is 0 Å². The molecular weight excluding hydrogens is 291 g/mol. The predicted molar refractivity (Wildman–Crippen MR) is 80.9 cm³/mol. The van der Waals surface area contributed by atoms with Crippen LogP contribution in [-0.4, -0.2) is 25.3 Å². The largest absolute Gasteiger partial charge is 0.326 e. The van der Waals surface area contributed by atoms with Gasteiger partial charge >= 0.3 is 0 Å². The molecule has 0 unspecified atom stereocenters. The molecule has 0 aliphatic heterocycles. The summed E-state index contributed by atoms with van der Waals surface area (Å²) in [6.45, 7) is 4.12. The number of aryl methyl sites for hydroxylation is 1. The van der Waals surface area contributed by atoms with Crippen molar-refractivity contribution in [3.63, 3.8) is 0 Å². The molecule has 118 valence electrons. The lowest BCUT2D eigenvalue weighted by atomic mass is 10.1. The fourth-order valence-electron chi connectivity index (χ4n) is 2.42. The number of halogens is 1. The van der Waals surface area contributed by atoms with Crippen LogP contribution in [0.4, 0.5) is 4.39 Å². The zero-order valence-corrected chi connectivity index (χ0v) is 13.4. The van der Waals surface area contributed by atoms with E-state index in [-0.39, 0.29) is 23.0 Å². The zero-order valence-electron chi connectivity index (χ0n) is 12.6. The summed E-state index contributed by atoms with van der Waals surface area (Å²) in [6, 6.07) is 2.89. The lowest BCUT2D eigenvalue weighted by Gasteiger charge is -2.22. The third-order valence-electron chi connectivity index (χ3n) is 3.82. The van der Waals surface area contributed by atoms with Gasteiger partial charge in [0.25, 0.3) is 0 Å². The third kappa shape index (κ3) is 3.44. The molecule has 1 aliphatic rings. The molecule has 1 fully saturated rings. The van der Waals surface area contributed by atoms with Crippen LogP contribution in [0.2, 0.25) is 0 Å². The minimum atomic E-state index is -3.57. The summed E-state index contributed by atoms with van der Waals surface area (Å²) < 4.78 is 41.1. The Morgan fingerprint density at radius 1 is 1.38 bits per heavy atom. The zero-order chi connectivity index (χ0) is 15.6. The van der Waals surface area contributed by atoms with Crippen molar-refractivity contribution in [3.05, 3.63) is 29.1 Å². The Morgan fingerprint density at radius 3 is 2.57 bits per heavy atom. The lowest BCUT2D eigenvalue weighted by Crippen LogP contribution is -2.34. The summed E-state index contributed by atoms with van der Waals surface area (Å²) in [4.78, 5) is 0.157. The van der Waals surface area contributed by atoms with Gasteiger partial charge in [-0.05, 0) is 43.9 Å². The summed E-state index contributed by atoms with van der Waals surface area (Å²) in [5.41, 5.74) is 6.08. The van der Waals surface area contributed by atoms with Gasteiger partial charge in [-0.3, -0.25) is 0 Å². The van der Waals surface area contributed by atoms with Gasteiger partial charge in [0.05, 0.1) is 4.90 Å². The molecular formula is C15H23FN2O2S. The van der Waals surface area contributed by atoms with Gasteiger partial charge in [0.15, 0.2) is 0 Å². The molecule has 1 aromatic carbocycles. The van der Waals surface area contributed by atoms with Crippen molar-refractivity contribution in [2.75, 3.05) is 6.54 Å². The van der Waals surface area contributed by atoms with E-state index in [1.165, 1.54) is 12.1 Å². The van der Waals surface area contributed by atoms with Gasteiger partial charge < -0.3 is 5.73 Å². The van der Waals surface area contributed by atoms with Crippen molar-refractivity contribution in [1.82, 2.24) is 4.31 Å². The Hall–Kier alpha value is -0.980. The molecule has 21 heavy (non-hydrogen) atoms. The van der Waals surface area contributed by atoms with Gasteiger partial charge in [-0.25, -0.2) is 12.8 Å². The minimum Gasteiger partial charge on any atom is -0.326 e. The van der Waals surface area contributed by atoms with Gasteiger partial charge in [0.1, 0.15) is 5.82 Å². The molecule has 6 heteroatoms. The van der Waals surface area contributed by atoms with E-state index in [1.807, 2.05) is 6.92 Å².